The summed E-state index contributed by atoms with van der Waals surface area (Å²) >= 11 is 0. The zero-order valence-electron chi connectivity index (χ0n) is 17.7. The standard InChI is InChI=1S/C23H33N3O3/c1-17(27)26-14-19-13-25(22(28)16-24-11-5-3-4-6-12-24)15-21(19)23(26)18-7-9-20(29-2)10-8-18/h7-10,19,21,23H,3-6,11-16H2,1-2H3/t19-,21-,23+/m1/s1. The first-order chi connectivity index (χ1) is 14.1. The summed E-state index contributed by atoms with van der Waals surface area (Å²) in [7, 11) is 1.66. The molecule has 3 fully saturated rings. The molecule has 2 amide bonds. The van der Waals surface area contributed by atoms with Crippen molar-refractivity contribution in [1.29, 1.82) is 0 Å². The number of rotatable bonds is 4. The number of nitrogens with zero attached hydrogens (tertiary/aromatic N) is 3. The molecule has 0 N–H and O–H groups in total. The van der Waals surface area contributed by atoms with Crippen molar-refractivity contribution in [3.05, 3.63) is 29.8 Å². The highest BCUT2D eigenvalue weighted by Crippen LogP contribution is 2.45. The van der Waals surface area contributed by atoms with Crippen LogP contribution >= 0.6 is 0 Å². The van der Waals surface area contributed by atoms with Gasteiger partial charge in [-0.05, 0) is 43.6 Å². The molecule has 1 aromatic carbocycles. The lowest BCUT2D eigenvalue weighted by Crippen LogP contribution is -2.41. The Labute approximate surface area is 173 Å². The third-order valence-corrected chi connectivity index (χ3v) is 6.94. The Hall–Kier alpha value is -2.08. The number of methoxy groups -OCH3 is 1. The molecule has 0 spiro atoms. The minimum absolute atomic E-state index is 0.0411. The van der Waals surface area contributed by atoms with E-state index in [4.69, 9.17) is 4.74 Å². The highest BCUT2D eigenvalue weighted by atomic mass is 16.5. The van der Waals surface area contributed by atoms with Crippen molar-refractivity contribution in [3.8, 4) is 5.75 Å². The predicted octanol–water partition coefficient (Wildman–Crippen LogP) is 2.55. The van der Waals surface area contributed by atoms with Crippen LogP contribution in [0.2, 0.25) is 0 Å². The van der Waals surface area contributed by atoms with Crippen LogP contribution in [0.1, 0.15) is 44.2 Å². The van der Waals surface area contributed by atoms with Gasteiger partial charge in [-0.2, -0.15) is 0 Å². The van der Waals surface area contributed by atoms with Gasteiger partial charge in [0.15, 0.2) is 0 Å². The highest BCUT2D eigenvalue weighted by Gasteiger charge is 2.49. The van der Waals surface area contributed by atoms with Crippen molar-refractivity contribution in [2.75, 3.05) is 46.4 Å². The molecular formula is C23H33N3O3. The number of ether oxygens (including phenoxy) is 1. The molecule has 0 aliphatic carbocycles. The van der Waals surface area contributed by atoms with E-state index in [1.807, 2.05) is 21.9 Å². The zero-order valence-corrected chi connectivity index (χ0v) is 17.7. The van der Waals surface area contributed by atoms with Crippen molar-refractivity contribution in [2.45, 2.75) is 38.6 Å². The Morgan fingerprint density at radius 1 is 1.00 bits per heavy atom. The number of likely N-dealkylation sites (tertiary alicyclic amines) is 3. The summed E-state index contributed by atoms with van der Waals surface area (Å²) in [5.41, 5.74) is 1.13. The summed E-state index contributed by atoms with van der Waals surface area (Å²) in [4.78, 5) is 31.7. The number of carbonyl (C=O) groups is 2. The lowest BCUT2D eigenvalue weighted by Gasteiger charge is -2.30. The number of fused-ring (bicyclic) bond motifs is 1. The summed E-state index contributed by atoms with van der Waals surface area (Å²) in [6.07, 6.45) is 4.96. The molecule has 158 valence electrons. The second-order valence-electron chi connectivity index (χ2n) is 8.80. The molecule has 4 rings (SSSR count). The molecule has 0 radical (unpaired) electrons. The molecule has 3 heterocycles. The average Bonchev–Trinajstić information content (AvgIpc) is 3.18. The normalized spacial score (nSPS) is 27.6. The van der Waals surface area contributed by atoms with Gasteiger partial charge in [0.25, 0.3) is 0 Å². The summed E-state index contributed by atoms with van der Waals surface area (Å²) in [6, 6.07) is 8.07. The van der Waals surface area contributed by atoms with Gasteiger partial charge in [0.1, 0.15) is 5.75 Å². The van der Waals surface area contributed by atoms with Gasteiger partial charge in [0.2, 0.25) is 11.8 Å². The minimum Gasteiger partial charge on any atom is -0.497 e. The molecule has 0 unspecified atom stereocenters. The van der Waals surface area contributed by atoms with E-state index < -0.39 is 0 Å². The van der Waals surface area contributed by atoms with Crippen molar-refractivity contribution in [1.82, 2.24) is 14.7 Å². The number of benzene rings is 1. The fourth-order valence-electron chi connectivity index (χ4n) is 5.39. The number of hydrogen-bond acceptors (Lipinski definition) is 4. The van der Waals surface area contributed by atoms with Crippen LogP contribution in [-0.2, 0) is 9.59 Å². The van der Waals surface area contributed by atoms with Crippen LogP contribution in [0.4, 0.5) is 0 Å². The molecule has 3 saturated heterocycles. The highest BCUT2D eigenvalue weighted by molar-refractivity contribution is 5.79. The molecule has 3 aliphatic heterocycles. The first kappa shape index (κ1) is 20.2. The molecular weight excluding hydrogens is 366 g/mol. The second-order valence-corrected chi connectivity index (χ2v) is 8.80. The molecule has 6 heteroatoms. The summed E-state index contributed by atoms with van der Waals surface area (Å²) in [5, 5.41) is 0. The lowest BCUT2D eigenvalue weighted by atomic mass is 9.89. The van der Waals surface area contributed by atoms with E-state index in [0.717, 1.165) is 44.0 Å². The van der Waals surface area contributed by atoms with Crippen molar-refractivity contribution in [2.24, 2.45) is 11.8 Å². The SMILES string of the molecule is COc1ccc([C@H]2[C@@H]3CN(C(=O)CN4CCCCCC4)C[C@@H]3CN2C(C)=O)cc1. The van der Waals surface area contributed by atoms with Crippen LogP contribution in [0, 0.1) is 11.8 Å². The molecule has 0 aromatic heterocycles. The maximum Gasteiger partial charge on any atom is 0.236 e. The fraction of sp³-hybridized carbons (Fsp3) is 0.652. The average molecular weight is 400 g/mol. The van der Waals surface area contributed by atoms with E-state index in [-0.39, 0.29) is 17.9 Å². The first-order valence-corrected chi connectivity index (χ1v) is 11.0. The van der Waals surface area contributed by atoms with Crippen LogP contribution in [-0.4, -0.2) is 72.9 Å². The number of amides is 2. The predicted molar refractivity (Wildman–Crippen MR) is 112 cm³/mol. The molecule has 1 aromatic rings. The topological polar surface area (TPSA) is 53.1 Å². The van der Waals surface area contributed by atoms with E-state index in [2.05, 4.69) is 17.0 Å². The third-order valence-electron chi connectivity index (χ3n) is 6.94. The van der Waals surface area contributed by atoms with E-state index >= 15 is 0 Å². The number of carbonyl (C=O) groups excluding carboxylic acids is 2. The van der Waals surface area contributed by atoms with Gasteiger partial charge < -0.3 is 14.5 Å². The Bertz CT molecular complexity index is 727. The Morgan fingerprint density at radius 3 is 2.31 bits per heavy atom. The van der Waals surface area contributed by atoms with Crippen LogP contribution in [0.15, 0.2) is 24.3 Å². The summed E-state index contributed by atoms with van der Waals surface area (Å²) < 4.78 is 5.28. The molecule has 29 heavy (non-hydrogen) atoms. The van der Waals surface area contributed by atoms with Crippen LogP contribution in [0.5, 0.6) is 5.75 Å². The smallest absolute Gasteiger partial charge is 0.236 e. The van der Waals surface area contributed by atoms with E-state index in [1.54, 1.807) is 14.0 Å². The first-order valence-electron chi connectivity index (χ1n) is 11.0. The third kappa shape index (κ3) is 4.27. The molecule has 3 atom stereocenters. The summed E-state index contributed by atoms with van der Waals surface area (Å²) in [5.74, 6) is 1.85. The van der Waals surface area contributed by atoms with Crippen molar-refractivity contribution < 1.29 is 14.3 Å². The molecule has 0 saturated carbocycles. The Balaban J connectivity index is 1.46. The quantitative estimate of drug-likeness (QED) is 0.781. The summed E-state index contributed by atoms with van der Waals surface area (Å²) in [6.45, 7) is 6.54. The van der Waals surface area contributed by atoms with E-state index in [1.165, 1.54) is 25.7 Å². The van der Waals surface area contributed by atoms with Gasteiger partial charge >= 0.3 is 0 Å². The van der Waals surface area contributed by atoms with Crippen LogP contribution in [0.3, 0.4) is 0 Å². The lowest BCUT2D eigenvalue weighted by molar-refractivity contribution is -0.132. The van der Waals surface area contributed by atoms with Gasteiger partial charge in [-0.1, -0.05) is 25.0 Å². The van der Waals surface area contributed by atoms with Gasteiger partial charge in [0, 0.05) is 38.4 Å². The number of hydrogen-bond donors (Lipinski definition) is 0. The van der Waals surface area contributed by atoms with Crippen LogP contribution in [0.25, 0.3) is 0 Å². The van der Waals surface area contributed by atoms with Gasteiger partial charge in [-0.25, -0.2) is 0 Å². The second kappa shape index (κ2) is 8.74. The van der Waals surface area contributed by atoms with Crippen LogP contribution < -0.4 is 4.74 Å². The van der Waals surface area contributed by atoms with Gasteiger partial charge in [-0.3, -0.25) is 14.5 Å². The van der Waals surface area contributed by atoms with E-state index in [9.17, 15) is 9.59 Å². The Morgan fingerprint density at radius 2 is 1.69 bits per heavy atom. The zero-order chi connectivity index (χ0) is 20.4. The maximum atomic E-state index is 13.0. The largest absolute Gasteiger partial charge is 0.497 e. The maximum absolute atomic E-state index is 13.0. The van der Waals surface area contributed by atoms with Gasteiger partial charge in [-0.15, -0.1) is 0 Å². The molecule has 0 bridgehead atoms. The molecule has 6 nitrogen and oxygen atoms in total. The fourth-order valence-corrected chi connectivity index (χ4v) is 5.39. The minimum atomic E-state index is 0.0411. The van der Waals surface area contributed by atoms with Gasteiger partial charge in [0.05, 0.1) is 19.7 Å². The Kier molecular flexibility index (Phi) is 6.09. The van der Waals surface area contributed by atoms with Crippen molar-refractivity contribution in [3.63, 3.8) is 0 Å². The molecule has 3 aliphatic rings. The van der Waals surface area contributed by atoms with Crippen molar-refractivity contribution >= 4 is 11.8 Å². The monoisotopic (exact) mass is 399 g/mol. The van der Waals surface area contributed by atoms with E-state index in [0.29, 0.717) is 18.4 Å².